The molecule has 2 fully saturated rings. The van der Waals surface area contributed by atoms with Crippen molar-refractivity contribution in [1.82, 2.24) is 20.0 Å². The Morgan fingerprint density at radius 3 is 2.32 bits per heavy atom. The second-order valence-electron chi connectivity index (χ2n) is 6.67. The fourth-order valence-corrected chi connectivity index (χ4v) is 3.04. The van der Waals surface area contributed by atoms with Crippen molar-refractivity contribution in [3.8, 4) is 0 Å². The minimum absolute atomic E-state index is 0.215. The van der Waals surface area contributed by atoms with E-state index in [4.69, 9.17) is 0 Å². The highest BCUT2D eigenvalue weighted by molar-refractivity contribution is 4.89. The van der Waals surface area contributed by atoms with Gasteiger partial charge in [0.2, 0.25) is 0 Å². The van der Waals surface area contributed by atoms with Gasteiger partial charge >= 0.3 is 0 Å². The Hall–Kier alpha value is -0.200. The van der Waals surface area contributed by atoms with Crippen molar-refractivity contribution in [1.29, 1.82) is 0 Å². The molecule has 2 heterocycles. The van der Waals surface area contributed by atoms with Crippen LogP contribution in [-0.4, -0.2) is 97.4 Å². The van der Waals surface area contributed by atoms with Crippen molar-refractivity contribution >= 4 is 0 Å². The summed E-state index contributed by atoms with van der Waals surface area (Å²) in [5, 5.41) is 13.6. The third kappa shape index (κ3) is 4.39. The topological polar surface area (TPSA) is 42.0 Å². The molecule has 112 valence electrons. The molecule has 0 aromatic carbocycles. The summed E-state index contributed by atoms with van der Waals surface area (Å²) in [5.41, 5.74) is 0.215. The van der Waals surface area contributed by atoms with E-state index in [0.717, 1.165) is 58.9 Å². The van der Waals surface area contributed by atoms with Gasteiger partial charge in [-0.15, -0.1) is 0 Å². The van der Waals surface area contributed by atoms with Crippen LogP contribution >= 0.6 is 0 Å². The predicted molar refractivity (Wildman–Crippen MR) is 78.5 cm³/mol. The van der Waals surface area contributed by atoms with Crippen LogP contribution in [0.25, 0.3) is 0 Å². The largest absolute Gasteiger partial charge is 0.390 e. The molecule has 0 spiro atoms. The van der Waals surface area contributed by atoms with E-state index in [1.807, 2.05) is 0 Å². The molecule has 0 bridgehead atoms. The summed E-state index contributed by atoms with van der Waals surface area (Å²) in [5.74, 6) is 0. The Labute approximate surface area is 117 Å². The van der Waals surface area contributed by atoms with Crippen LogP contribution in [0.15, 0.2) is 0 Å². The maximum atomic E-state index is 10.3. The van der Waals surface area contributed by atoms with Gasteiger partial charge in [-0.2, -0.15) is 0 Å². The van der Waals surface area contributed by atoms with E-state index in [9.17, 15) is 5.11 Å². The van der Waals surface area contributed by atoms with Crippen molar-refractivity contribution in [2.75, 3.05) is 66.0 Å². The summed E-state index contributed by atoms with van der Waals surface area (Å²) >= 11 is 0. The van der Waals surface area contributed by atoms with Crippen LogP contribution in [0.2, 0.25) is 0 Å². The smallest absolute Gasteiger partial charge is 0.0793 e. The van der Waals surface area contributed by atoms with Crippen molar-refractivity contribution in [3.05, 3.63) is 0 Å². The lowest BCUT2D eigenvalue weighted by Gasteiger charge is -2.46. The first kappa shape index (κ1) is 15.2. The number of rotatable bonds is 4. The fourth-order valence-electron chi connectivity index (χ4n) is 3.04. The Bertz CT molecular complexity index is 279. The van der Waals surface area contributed by atoms with E-state index in [-0.39, 0.29) is 11.6 Å². The highest BCUT2D eigenvalue weighted by Crippen LogP contribution is 2.18. The molecule has 2 aliphatic rings. The van der Waals surface area contributed by atoms with E-state index in [2.05, 4.69) is 40.9 Å². The van der Waals surface area contributed by atoms with Crippen LogP contribution < -0.4 is 5.32 Å². The number of aliphatic hydroxyl groups is 1. The van der Waals surface area contributed by atoms with Crippen LogP contribution in [0.1, 0.15) is 13.8 Å². The first-order chi connectivity index (χ1) is 8.97. The van der Waals surface area contributed by atoms with Gasteiger partial charge in [-0.1, -0.05) is 0 Å². The SMILES string of the molecule is CN1CCN(CC(O)CN2CCNCC2)CC1(C)C. The lowest BCUT2D eigenvalue weighted by molar-refractivity contribution is 0.00548. The van der Waals surface area contributed by atoms with E-state index < -0.39 is 0 Å². The Balaban J connectivity index is 1.74. The zero-order chi connectivity index (χ0) is 13.9. The van der Waals surface area contributed by atoms with Crippen molar-refractivity contribution in [3.63, 3.8) is 0 Å². The van der Waals surface area contributed by atoms with Gasteiger partial charge in [-0.05, 0) is 20.9 Å². The van der Waals surface area contributed by atoms with Gasteiger partial charge in [0.1, 0.15) is 0 Å². The molecule has 0 amide bonds. The number of likely N-dealkylation sites (N-methyl/N-ethyl adjacent to an activating group) is 1. The lowest BCUT2D eigenvalue weighted by atomic mass is 9.99. The predicted octanol–water partition coefficient (Wildman–Crippen LogP) is -0.721. The minimum Gasteiger partial charge on any atom is -0.390 e. The summed E-state index contributed by atoms with van der Waals surface area (Å²) in [6, 6.07) is 0. The van der Waals surface area contributed by atoms with Crippen molar-refractivity contribution < 1.29 is 5.11 Å². The normalized spacial score (nSPS) is 28.4. The molecule has 0 aromatic heterocycles. The van der Waals surface area contributed by atoms with Gasteiger partial charge in [-0.3, -0.25) is 14.7 Å². The molecule has 0 saturated carbocycles. The van der Waals surface area contributed by atoms with E-state index in [1.165, 1.54) is 0 Å². The van der Waals surface area contributed by atoms with Crippen molar-refractivity contribution in [2.24, 2.45) is 0 Å². The van der Waals surface area contributed by atoms with Crippen LogP contribution in [0, 0.1) is 0 Å². The molecular formula is C14H30N4O. The van der Waals surface area contributed by atoms with E-state index >= 15 is 0 Å². The second-order valence-corrected chi connectivity index (χ2v) is 6.67. The third-order valence-electron chi connectivity index (χ3n) is 4.54. The van der Waals surface area contributed by atoms with Gasteiger partial charge in [0.25, 0.3) is 0 Å². The van der Waals surface area contributed by atoms with Crippen LogP contribution in [0.3, 0.4) is 0 Å². The summed E-state index contributed by atoms with van der Waals surface area (Å²) in [6.45, 7) is 13.6. The quantitative estimate of drug-likeness (QED) is 0.706. The van der Waals surface area contributed by atoms with E-state index in [0.29, 0.717) is 0 Å². The number of piperazine rings is 2. The number of hydrogen-bond acceptors (Lipinski definition) is 5. The number of nitrogens with zero attached hydrogens (tertiary/aromatic N) is 3. The number of β-amino-alcohol motifs (C(OH)–C–C–N with tert-alkyl or cyclic N) is 1. The first-order valence-electron chi connectivity index (χ1n) is 7.52. The first-order valence-corrected chi connectivity index (χ1v) is 7.52. The Morgan fingerprint density at radius 1 is 1.05 bits per heavy atom. The average Bonchev–Trinajstić information content (AvgIpc) is 2.34. The maximum Gasteiger partial charge on any atom is 0.0793 e. The summed E-state index contributed by atoms with van der Waals surface area (Å²) in [7, 11) is 2.19. The molecule has 2 rings (SSSR count). The highest BCUT2D eigenvalue weighted by atomic mass is 16.3. The zero-order valence-electron chi connectivity index (χ0n) is 12.7. The number of nitrogens with one attached hydrogen (secondary N) is 1. The molecule has 2 N–H and O–H groups in total. The molecule has 1 atom stereocenters. The van der Waals surface area contributed by atoms with Crippen molar-refractivity contribution in [2.45, 2.75) is 25.5 Å². The average molecular weight is 270 g/mol. The van der Waals surface area contributed by atoms with Gasteiger partial charge in [0.15, 0.2) is 0 Å². The number of aliphatic hydroxyl groups excluding tert-OH is 1. The molecule has 19 heavy (non-hydrogen) atoms. The van der Waals surface area contributed by atoms with Crippen LogP contribution in [0.4, 0.5) is 0 Å². The Morgan fingerprint density at radius 2 is 1.68 bits per heavy atom. The summed E-state index contributed by atoms with van der Waals surface area (Å²) < 4.78 is 0. The Kier molecular flexibility index (Phi) is 5.20. The molecule has 0 aliphatic carbocycles. The molecule has 0 radical (unpaired) electrons. The van der Waals surface area contributed by atoms with E-state index in [1.54, 1.807) is 0 Å². The maximum absolute atomic E-state index is 10.3. The van der Waals surface area contributed by atoms with Gasteiger partial charge in [-0.25, -0.2) is 0 Å². The van der Waals surface area contributed by atoms with Crippen LogP contribution in [-0.2, 0) is 0 Å². The monoisotopic (exact) mass is 270 g/mol. The second kappa shape index (κ2) is 6.50. The molecule has 5 heteroatoms. The third-order valence-corrected chi connectivity index (χ3v) is 4.54. The standard InChI is InChI=1S/C14H30N4O/c1-14(2)12-18(9-8-16(14)3)11-13(19)10-17-6-4-15-5-7-17/h13,15,19H,4-12H2,1-3H3. The molecule has 2 aliphatic heterocycles. The zero-order valence-corrected chi connectivity index (χ0v) is 12.7. The van der Waals surface area contributed by atoms with Crippen LogP contribution in [0.5, 0.6) is 0 Å². The number of hydrogen-bond donors (Lipinski definition) is 2. The van der Waals surface area contributed by atoms with Gasteiger partial charge in [0.05, 0.1) is 6.10 Å². The lowest BCUT2D eigenvalue weighted by Crippen LogP contribution is -2.59. The molecule has 1 unspecified atom stereocenters. The van der Waals surface area contributed by atoms with Gasteiger partial charge < -0.3 is 10.4 Å². The van der Waals surface area contributed by atoms with Gasteiger partial charge in [0, 0.05) is 64.4 Å². The summed E-state index contributed by atoms with van der Waals surface area (Å²) in [4.78, 5) is 7.18. The molecule has 0 aromatic rings. The molecular weight excluding hydrogens is 240 g/mol. The molecule has 2 saturated heterocycles. The summed E-state index contributed by atoms with van der Waals surface area (Å²) in [6.07, 6.45) is -0.225. The minimum atomic E-state index is -0.225. The highest BCUT2D eigenvalue weighted by Gasteiger charge is 2.31. The fraction of sp³-hybridized carbons (Fsp3) is 1.00. The molecule has 5 nitrogen and oxygen atoms in total.